The second-order valence-corrected chi connectivity index (χ2v) is 5.86. The van der Waals surface area contributed by atoms with Crippen molar-refractivity contribution in [3.63, 3.8) is 0 Å². The van der Waals surface area contributed by atoms with Crippen molar-refractivity contribution in [2.75, 3.05) is 5.73 Å². The van der Waals surface area contributed by atoms with Crippen molar-refractivity contribution in [3.05, 3.63) is 58.1 Å². The first-order valence-electron chi connectivity index (χ1n) is 5.38. The zero-order valence-corrected chi connectivity index (χ0v) is 12.0. The van der Waals surface area contributed by atoms with Gasteiger partial charge in [-0.25, -0.2) is 0 Å². The minimum Gasteiger partial charge on any atom is -0.399 e. The lowest BCUT2D eigenvalue weighted by Crippen LogP contribution is -1.88. The highest BCUT2D eigenvalue weighted by atomic mass is 79.9. The van der Waals surface area contributed by atoms with Crippen LogP contribution in [0.25, 0.3) is 0 Å². The average molecular weight is 308 g/mol. The molecular weight excluding hydrogens is 294 g/mol. The third-order valence-corrected chi connectivity index (χ3v) is 4.29. The molecule has 0 saturated carbocycles. The van der Waals surface area contributed by atoms with Crippen molar-refractivity contribution < 1.29 is 0 Å². The molecular formula is C14H14BrNS. The number of thioether (sulfide) groups is 1. The molecule has 1 nitrogen and oxygen atoms in total. The van der Waals surface area contributed by atoms with E-state index < -0.39 is 0 Å². The van der Waals surface area contributed by atoms with Gasteiger partial charge in [0.05, 0.1) is 0 Å². The Bertz CT molecular complexity index is 508. The molecule has 0 unspecified atom stereocenters. The van der Waals surface area contributed by atoms with Gasteiger partial charge >= 0.3 is 0 Å². The fourth-order valence-electron chi connectivity index (χ4n) is 1.48. The van der Waals surface area contributed by atoms with Crippen LogP contribution >= 0.6 is 27.7 Å². The molecule has 88 valence electrons. The Morgan fingerprint density at radius 1 is 1.12 bits per heavy atom. The maximum atomic E-state index is 5.71. The molecule has 2 N–H and O–H groups in total. The van der Waals surface area contributed by atoms with Gasteiger partial charge in [0.2, 0.25) is 0 Å². The first kappa shape index (κ1) is 12.5. The maximum Gasteiger partial charge on any atom is 0.0325 e. The SMILES string of the molecule is Cc1ccc(SCc2ccc(N)cc2Br)cc1. The topological polar surface area (TPSA) is 26.0 Å². The molecule has 3 heteroatoms. The number of benzene rings is 2. The van der Waals surface area contributed by atoms with Crippen LogP contribution in [-0.4, -0.2) is 0 Å². The van der Waals surface area contributed by atoms with Crippen molar-refractivity contribution in [2.24, 2.45) is 0 Å². The summed E-state index contributed by atoms with van der Waals surface area (Å²) in [6.07, 6.45) is 0. The molecule has 2 aromatic carbocycles. The normalized spacial score (nSPS) is 10.5. The summed E-state index contributed by atoms with van der Waals surface area (Å²) in [5, 5.41) is 0. The van der Waals surface area contributed by atoms with E-state index in [9.17, 15) is 0 Å². The van der Waals surface area contributed by atoms with Gasteiger partial charge in [0.25, 0.3) is 0 Å². The second kappa shape index (κ2) is 5.61. The molecule has 0 spiro atoms. The molecule has 0 aliphatic carbocycles. The van der Waals surface area contributed by atoms with Gasteiger partial charge in [-0.15, -0.1) is 11.8 Å². The van der Waals surface area contributed by atoms with Gasteiger partial charge in [0.1, 0.15) is 0 Å². The zero-order chi connectivity index (χ0) is 12.3. The predicted molar refractivity (Wildman–Crippen MR) is 79.3 cm³/mol. The van der Waals surface area contributed by atoms with Crippen LogP contribution < -0.4 is 5.73 Å². The minimum absolute atomic E-state index is 0.793. The van der Waals surface area contributed by atoms with Crippen LogP contribution in [0.3, 0.4) is 0 Å². The van der Waals surface area contributed by atoms with E-state index in [0.717, 1.165) is 15.9 Å². The molecule has 0 aliphatic heterocycles. The summed E-state index contributed by atoms with van der Waals surface area (Å²) in [5.41, 5.74) is 9.07. The number of hydrogen-bond donors (Lipinski definition) is 1. The van der Waals surface area contributed by atoms with Crippen LogP contribution in [0, 0.1) is 6.92 Å². The first-order valence-corrected chi connectivity index (χ1v) is 7.16. The Morgan fingerprint density at radius 3 is 2.47 bits per heavy atom. The summed E-state index contributed by atoms with van der Waals surface area (Å²) in [6.45, 7) is 2.10. The molecule has 0 aromatic heterocycles. The average Bonchev–Trinajstić information content (AvgIpc) is 2.30. The van der Waals surface area contributed by atoms with E-state index in [1.54, 1.807) is 0 Å². The van der Waals surface area contributed by atoms with E-state index in [1.165, 1.54) is 16.0 Å². The predicted octanol–water partition coefficient (Wildman–Crippen LogP) is 4.63. The molecule has 2 rings (SSSR count). The van der Waals surface area contributed by atoms with Gasteiger partial charge in [-0.3, -0.25) is 0 Å². The molecule has 17 heavy (non-hydrogen) atoms. The second-order valence-electron chi connectivity index (χ2n) is 3.95. The Labute approximate surface area is 115 Å². The van der Waals surface area contributed by atoms with Crippen LogP contribution in [0.15, 0.2) is 51.8 Å². The number of aryl methyl sites for hydroxylation is 1. The molecule has 0 heterocycles. The van der Waals surface area contributed by atoms with Gasteiger partial charge in [-0.2, -0.15) is 0 Å². The standard InChI is InChI=1S/C14H14BrNS/c1-10-2-6-13(7-3-10)17-9-11-4-5-12(16)8-14(11)15/h2-8H,9,16H2,1H3. The number of halogens is 1. The van der Waals surface area contributed by atoms with E-state index in [4.69, 9.17) is 5.73 Å². The Hall–Kier alpha value is -0.930. The van der Waals surface area contributed by atoms with Crippen molar-refractivity contribution in [1.82, 2.24) is 0 Å². The fraction of sp³-hybridized carbons (Fsp3) is 0.143. The van der Waals surface area contributed by atoms with E-state index in [2.05, 4.69) is 53.2 Å². The third-order valence-electron chi connectivity index (χ3n) is 2.49. The summed E-state index contributed by atoms with van der Waals surface area (Å²) < 4.78 is 1.08. The summed E-state index contributed by atoms with van der Waals surface area (Å²) in [4.78, 5) is 1.29. The fourth-order valence-corrected chi connectivity index (χ4v) is 3.10. The van der Waals surface area contributed by atoms with E-state index in [0.29, 0.717) is 0 Å². The number of rotatable bonds is 3. The number of nitrogen functional groups attached to an aromatic ring is 1. The molecule has 0 bridgehead atoms. The summed E-state index contributed by atoms with van der Waals surface area (Å²) in [7, 11) is 0. The van der Waals surface area contributed by atoms with E-state index >= 15 is 0 Å². The van der Waals surface area contributed by atoms with Crippen molar-refractivity contribution in [3.8, 4) is 0 Å². The van der Waals surface area contributed by atoms with Gasteiger partial charge < -0.3 is 5.73 Å². The number of nitrogens with two attached hydrogens (primary N) is 1. The summed E-state index contributed by atoms with van der Waals surface area (Å²) in [6, 6.07) is 14.6. The van der Waals surface area contributed by atoms with Crippen molar-refractivity contribution in [2.45, 2.75) is 17.6 Å². The number of hydrogen-bond acceptors (Lipinski definition) is 2. The van der Waals surface area contributed by atoms with Gasteiger partial charge in [0.15, 0.2) is 0 Å². The maximum absolute atomic E-state index is 5.71. The third kappa shape index (κ3) is 3.51. The summed E-state index contributed by atoms with van der Waals surface area (Å²) in [5.74, 6) is 0.948. The van der Waals surface area contributed by atoms with Crippen molar-refractivity contribution >= 4 is 33.4 Å². The molecule has 0 amide bonds. The number of anilines is 1. The smallest absolute Gasteiger partial charge is 0.0325 e. The lowest BCUT2D eigenvalue weighted by molar-refractivity contribution is 1.34. The Morgan fingerprint density at radius 2 is 1.82 bits per heavy atom. The molecule has 0 atom stereocenters. The van der Waals surface area contributed by atoms with E-state index in [1.807, 2.05) is 23.9 Å². The molecule has 2 aromatic rings. The van der Waals surface area contributed by atoms with Crippen molar-refractivity contribution in [1.29, 1.82) is 0 Å². The van der Waals surface area contributed by atoms with Crippen LogP contribution in [-0.2, 0) is 5.75 Å². The lowest BCUT2D eigenvalue weighted by Gasteiger charge is -2.05. The monoisotopic (exact) mass is 307 g/mol. The van der Waals surface area contributed by atoms with Crippen LogP contribution in [0.2, 0.25) is 0 Å². The highest BCUT2D eigenvalue weighted by Crippen LogP contribution is 2.28. The van der Waals surface area contributed by atoms with Gasteiger partial charge in [0, 0.05) is 20.8 Å². The summed E-state index contributed by atoms with van der Waals surface area (Å²) >= 11 is 5.37. The van der Waals surface area contributed by atoms with Gasteiger partial charge in [-0.05, 0) is 36.8 Å². The first-order chi connectivity index (χ1) is 8.15. The van der Waals surface area contributed by atoms with Crippen LogP contribution in [0.4, 0.5) is 5.69 Å². The van der Waals surface area contributed by atoms with Gasteiger partial charge in [-0.1, -0.05) is 39.7 Å². The highest BCUT2D eigenvalue weighted by Gasteiger charge is 2.01. The lowest BCUT2D eigenvalue weighted by atomic mass is 10.2. The quantitative estimate of drug-likeness (QED) is 0.661. The van der Waals surface area contributed by atoms with Crippen LogP contribution in [0.5, 0.6) is 0 Å². The minimum atomic E-state index is 0.793. The highest BCUT2D eigenvalue weighted by molar-refractivity contribution is 9.10. The molecule has 0 saturated heterocycles. The molecule has 0 radical (unpaired) electrons. The Kier molecular flexibility index (Phi) is 4.13. The molecule has 0 fully saturated rings. The Balaban J connectivity index is 2.04. The molecule has 0 aliphatic rings. The largest absolute Gasteiger partial charge is 0.399 e. The zero-order valence-electron chi connectivity index (χ0n) is 9.61. The van der Waals surface area contributed by atoms with E-state index in [-0.39, 0.29) is 0 Å². The van der Waals surface area contributed by atoms with Crippen LogP contribution in [0.1, 0.15) is 11.1 Å².